The molecule has 8 heteroatoms. The van der Waals surface area contributed by atoms with Crippen molar-refractivity contribution in [2.75, 3.05) is 30.4 Å². The van der Waals surface area contributed by atoms with E-state index < -0.39 is 5.41 Å². The van der Waals surface area contributed by atoms with E-state index in [1.54, 1.807) is 12.3 Å². The molecule has 0 spiro atoms. The first-order valence-electron chi connectivity index (χ1n) is 10.5. The minimum atomic E-state index is -0.394. The van der Waals surface area contributed by atoms with E-state index in [1.807, 2.05) is 52.1 Å². The van der Waals surface area contributed by atoms with Crippen LogP contribution in [0.1, 0.15) is 37.7 Å². The summed E-state index contributed by atoms with van der Waals surface area (Å²) in [5, 5.41) is 7.23. The quantitative estimate of drug-likeness (QED) is 0.513. The number of pyridine rings is 2. The molecule has 0 bridgehead atoms. The third kappa shape index (κ3) is 5.73. The Kier molecular flexibility index (Phi) is 7.30. The number of rotatable bonds is 7. The van der Waals surface area contributed by atoms with Gasteiger partial charge in [-0.25, -0.2) is 0 Å². The zero-order valence-corrected chi connectivity index (χ0v) is 19.5. The molecule has 0 aliphatic carbocycles. The highest BCUT2D eigenvalue weighted by molar-refractivity contribution is 6.31. The summed E-state index contributed by atoms with van der Waals surface area (Å²) in [7, 11) is 2.00. The molecule has 0 aliphatic heterocycles. The van der Waals surface area contributed by atoms with Gasteiger partial charge in [-0.1, -0.05) is 44.5 Å². The zero-order valence-electron chi connectivity index (χ0n) is 18.8. The monoisotopic (exact) mass is 453 g/mol. The maximum Gasteiger partial charge on any atom is 0.274 e. The molecule has 3 aromatic rings. The summed E-state index contributed by atoms with van der Waals surface area (Å²) < 4.78 is 0. The average molecular weight is 454 g/mol. The predicted molar refractivity (Wildman–Crippen MR) is 129 cm³/mol. The van der Waals surface area contributed by atoms with Crippen molar-refractivity contribution < 1.29 is 9.59 Å². The van der Waals surface area contributed by atoms with Crippen LogP contribution in [0.3, 0.4) is 0 Å². The van der Waals surface area contributed by atoms with E-state index in [2.05, 4.69) is 25.5 Å². The lowest BCUT2D eigenvalue weighted by Crippen LogP contribution is -2.36. The maximum atomic E-state index is 12.6. The minimum absolute atomic E-state index is 0.0455. The molecular formula is C24H28ClN5O2. The fourth-order valence-electron chi connectivity index (χ4n) is 3.21. The van der Waals surface area contributed by atoms with Gasteiger partial charge in [0, 0.05) is 54.0 Å². The Morgan fingerprint density at radius 2 is 1.84 bits per heavy atom. The summed E-state index contributed by atoms with van der Waals surface area (Å²) in [6, 6.07) is 10.8. The Morgan fingerprint density at radius 1 is 1.09 bits per heavy atom. The van der Waals surface area contributed by atoms with Crippen molar-refractivity contribution in [3.05, 3.63) is 59.5 Å². The van der Waals surface area contributed by atoms with Crippen LogP contribution < -0.4 is 15.5 Å². The Balaban J connectivity index is 1.73. The van der Waals surface area contributed by atoms with Crippen molar-refractivity contribution in [3.63, 3.8) is 0 Å². The SMILES string of the molecule is CN(CCCNC(=O)C(C)(C)C)c1ccnc2c(NC(=O)c3cc(Cl)ccn3)cccc12. The van der Waals surface area contributed by atoms with Gasteiger partial charge in [-0.05, 0) is 30.7 Å². The van der Waals surface area contributed by atoms with Crippen LogP contribution >= 0.6 is 11.6 Å². The lowest BCUT2D eigenvalue weighted by molar-refractivity contribution is -0.128. The number of benzene rings is 1. The van der Waals surface area contributed by atoms with Crippen molar-refractivity contribution in [1.29, 1.82) is 0 Å². The molecule has 0 fully saturated rings. The van der Waals surface area contributed by atoms with Gasteiger partial charge >= 0.3 is 0 Å². The van der Waals surface area contributed by atoms with Gasteiger partial charge in [0.1, 0.15) is 5.69 Å². The average Bonchev–Trinajstić information content (AvgIpc) is 2.75. The number of nitrogens with one attached hydrogen (secondary N) is 2. The van der Waals surface area contributed by atoms with E-state index >= 15 is 0 Å². The summed E-state index contributed by atoms with van der Waals surface area (Å²) in [6.45, 7) is 7.06. The molecule has 1 aromatic carbocycles. The van der Waals surface area contributed by atoms with Gasteiger partial charge in [0.25, 0.3) is 5.91 Å². The fourth-order valence-corrected chi connectivity index (χ4v) is 3.37. The topological polar surface area (TPSA) is 87.2 Å². The minimum Gasteiger partial charge on any atom is -0.374 e. The van der Waals surface area contributed by atoms with Crippen LogP contribution in [-0.2, 0) is 4.79 Å². The summed E-state index contributed by atoms with van der Waals surface area (Å²) in [5.74, 6) is -0.306. The molecular weight excluding hydrogens is 426 g/mol. The van der Waals surface area contributed by atoms with E-state index in [0.29, 0.717) is 22.8 Å². The highest BCUT2D eigenvalue weighted by Crippen LogP contribution is 2.29. The van der Waals surface area contributed by atoms with Gasteiger partial charge in [0.15, 0.2) is 0 Å². The van der Waals surface area contributed by atoms with E-state index in [4.69, 9.17) is 11.6 Å². The molecule has 3 rings (SSSR count). The van der Waals surface area contributed by atoms with E-state index in [1.165, 1.54) is 12.3 Å². The van der Waals surface area contributed by atoms with Crippen LogP contribution in [0.15, 0.2) is 48.8 Å². The van der Waals surface area contributed by atoms with Crippen molar-refractivity contribution >= 4 is 45.7 Å². The fraction of sp³-hybridized carbons (Fsp3) is 0.333. The summed E-state index contributed by atoms with van der Waals surface area (Å²) in [4.78, 5) is 35.3. The number of hydrogen-bond donors (Lipinski definition) is 2. The van der Waals surface area contributed by atoms with E-state index in [0.717, 1.165) is 24.0 Å². The number of aromatic nitrogens is 2. The van der Waals surface area contributed by atoms with Crippen molar-refractivity contribution in [2.24, 2.45) is 5.41 Å². The maximum absolute atomic E-state index is 12.6. The summed E-state index contributed by atoms with van der Waals surface area (Å²) >= 11 is 5.97. The number of carbonyl (C=O) groups excluding carboxylic acids is 2. The third-order valence-electron chi connectivity index (χ3n) is 5.00. The van der Waals surface area contributed by atoms with E-state index in [9.17, 15) is 9.59 Å². The molecule has 7 nitrogen and oxygen atoms in total. The largest absolute Gasteiger partial charge is 0.374 e. The molecule has 0 aliphatic rings. The van der Waals surface area contributed by atoms with Crippen molar-refractivity contribution in [3.8, 4) is 0 Å². The lowest BCUT2D eigenvalue weighted by atomic mass is 9.96. The predicted octanol–water partition coefficient (Wildman–Crippen LogP) is 4.52. The second-order valence-electron chi connectivity index (χ2n) is 8.63. The van der Waals surface area contributed by atoms with Gasteiger partial charge < -0.3 is 15.5 Å². The van der Waals surface area contributed by atoms with Gasteiger partial charge in [0.2, 0.25) is 5.91 Å². The van der Waals surface area contributed by atoms with Crippen molar-refractivity contribution in [1.82, 2.24) is 15.3 Å². The molecule has 2 aromatic heterocycles. The summed E-state index contributed by atoms with van der Waals surface area (Å²) in [6.07, 6.45) is 4.03. The van der Waals surface area contributed by atoms with E-state index in [-0.39, 0.29) is 17.5 Å². The number of para-hydroxylation sites is 1. The first kappa shape index (κ1) is 23.5. The Morgan fingerprint density at radius 3 is 2.56 bits per heavy atom. The van der Waals surface area contributed by atoms with Crippen LogP contribution in [0.4, 0.5) is 11.4 Å². The molecule has 2 amide bonds. The highest BCUT2D eigenvalue weighted by Gasteiger charge is 2.20. The number of hydrogen-bond acceptors (Lipinski definition) is 5. The second kappa shape index (κ2) is 9.96. The molecule has 2 heterocycles. The van der Waals surface area contributed by atoms with Gasteiger partial charge in [-0.15, -0.1) is 0 Å². The Labute approximate surface area is 193 Å². The number of halogens is 1. The standard InChI is InChI=1S/C24H28ClN5O2/c1-24(2,3)23(32)28-11-6-14-30(4)20-10-13-27-21-17(20)7-5-8-18(21)29-22(31)19-15-16(25)9-12-26-19/h5,7-10,12-13,15H,6,11,14H2,1-4H3,(H,28,32)(H,29,31). The number of nitrogens with zero attached hydrogens (tertiary/aromatic N) is 3. The molecule has 2 N–H and O–H groups in total. The van der Waals surface area contributed by atoms with Crippen LogP contribution in [0.25, 0.3) is 10.9 Å². The molecule has 0 unspecified atom stereocenters. The molecule has 168 valence electrons. The first-order valence-corrected chi connectivity index (χ1v) is 10.8. The molecule has 0 saturated heterocycles. The van der Waals surface area contributed by atoms with Crippen LogP contribution in [0.5, 0.6) is 0 Å². The van der Waals surface area contributed by atoms with Crippen LogP contribution in [0, 0.1) is 5.41 Å². The Bertz CT molecular complexity index is 1130. The zero-order chi connectivity index (χ0) is 23.3. The molecule has 32 heavy (non-hydrogen) atoms. The molecule has 0 atom stereocenters. The number of amides is 2. The Hall–Kier alpha value is -3.19. The van der Waals surface area contributed by atoms with Crippen LogP contribution in [0.2, 0.25) is 5.02 Å². The first-order chi connectivity index (χ1) is 15.2. The van der Waals surface area contributed by atoms with Crippen LogP contribution in [-0.4, -0.2) is 41.9 Å². The smallest absolute Gasteiger partial charge is 0.274 e. The van der Waals surface area contributed by atoms with Gasteiger partial charge in [-0.2, -0.15) is 0 Å². The number of fused-ring (bicyclic) bond motifs is 1. The lowest BCUT2D eigenvalue weighted by Gasteiger charge is -2.22. The van der Waals surface area contributed by atoms with Crippen molar-refractivity contribution in [2.45, 2.75) is 27.2 Å². The van der Waals surface area contributed by atoms with Gasteiger partial charge in [-0.3, -0.25) is 19.6 Å². The molecule has 0 saturated carbocycles. The number of anilines is 2. The van der Waals surface area contributed by atoms with Gasteiger partial charge in [0.05, 0.1) is 11.2 Å². The summed E-state index contributed by atoms with van der Waals surface area (Å²) in [5.41, 5.74) is 2.12. The highest BCUT2D eigenvalue weighted by atomic mass is 35.5. The normalized spacial score (nSPS) is 11.3. The third-order valence-corrected chi connectivity index (χ3v) is 5.23. The number of carbonyl (C=O) groups is 2. The molecule has 0 radical (unpaired) electrons. The second-order valence-corrected chi connectivity index (χ2v) is 9.06.